The van der Waals surface area contributed by atoms with Crippen molar-refractivity contribution in [1.29, 1.82) is 0 Å². The van der Waals surface area contributed by atoms with Crippen molar-refractivity contribution in [2.45, 2.75) is 19.8 Å². The molecule has 0 spiro atoms. The molecule has 0 aliphatic rings. The second-order valence-corrected chi connectivity index (χ2v) is 4.48. The van der Waals surface area contributed by atoms with Gasteiger partial charge in [-0.3, -0.25) is 0 Å². The standard InChI is InChI=1S/C11H15BrFN/c1-8(4-5-14)6-9-7-10(13)2-3-11(9)12/h2-3,7-8H,4-6,14H2,1H3. The number of rotatable bonds is 4. The summed E-state index contributed by atoms with van der Waals surface area (Å²) < 4.78 is 13.9. The van der Waals surface area contributed by atoms with Crippen LogP contribution in [0.15, 0.2) is 22.7 Å². The largest absolute Gasteiger partial charge is 0.330 e. The average molecular weight is 260 g/mol. The molecule has 1 aromatic carbocycles. The lowest BCUT2D eigenvalue weighted by Gasteiger charge is -2.11. The van der Waals surface area contributed by atoms with Crippen molar-refractivity contribution in [1.82, 2.24) is 0 Å². The molecular formula is C11H15BrFN. The van der Waals surface area contributed by atoms with E-state index in [1.54, 1.807) is 12.1 Å². The lowest BCUT2D eigenvalue weighted by molar-refractivity contribution is 0.534. The van der Waals surface area contributed by atoms with Crippen LogP contribution < -0.4 is 5.73 Å². The molecule has 0 saturated carbocycles. The van der Waals surface area contributed by atoms with Crippen LogP contribution >= 0.6 is 15.9 Å². The van der Waals surface area contributed by atoms with E-state index < -0.39 is 0 Å². The van der Waals surface area contributed by atoms with E-state index >= 15 is 0 Å². The molecule has 0 aliphatic carbocycles. The van der Waals surface area contributed by atoms with Crippen molar-refractivity contribution < 1.29 is 4.39 Å². The van der Waals surface area contributed by atoms with E-state index in [9.17, 15) is 4.39 Å². The first-order valence-electron chi connectivity index (χ1n) is 4.77. The van der Waals surface area contributed by atoms with Gasteiger partial charge in [-0.1, -0.05) is 22.9 Å². The summed E-state index contributed by atoms with van der Waals surface area (Å²) in [5, 5.41) is 0. The Morgan fingerprint density at radius 3 is 2.86 bits per heavy atom. The Hall–Kier alpha value is -0.410. The predicted octanol–water partition coefficient (Wildman–Crippen LogP) is 3.12. The Bertz CT molecular complexity index is 301. The molecule has 0 bridgehead atoms. The van der Waals surface area contributed by atoms with Gasteiger partial charge in [0.05, 0.1) is 0 Å². The normalized spacial score (nSPS) is 12.9. The highest BCUT2D eigenvalue weighted by atomic mass is 79.9. The van der Waals surface area contributed by atoms with Crippen LogP contribution in [0, 0.1) is 11.7 Å². The van der Waals surface area contributed by atoms with Gasteiger partial charge in [-0.05, 0) is 49.1 Å². The molecule has 1 rings (SSSR count). The quantitative estimate of drug-likeness (QED) is 0.884. The Kier molecular flexibility index (Phi) is 4.55. The van der Waals surface area contributed by atoms with Crippen LogP contribution in [0.4, 0.5) is 4.39 Å². The number of hydrogen-bond acceptors (Lipinski definition) is 1. The molecule has 0 radical (unpaired) electrons. The van der Waals surface area contributed by atoms with Gasteiger partial charge >= 0.3 is 0 Å². The summed E-state index contributed by atoms with van der Waals surface area (Å²) in [6.45, 7) is 2.82. The maximum absolute atomic E-state index is 12.9. The molecule has 0 saturated heterocycles. The topological polar surface area (TPSA) is 26.0 Å². The zero-order chi connectivity index (χ0) is 10.6. The van der Waals surface area contributed by atoms with Crippen molar-refractivity contribution >= 4 is 15.9 Å². The fourth-order valence-corrected chi connectivity index (χ4v) is 1.87. The van der Waals surface area contributed by atoms with Gasteiger partial charge < -0.3 is 5.73 Å². The molecule has 2 N–H and O–H groups in total. The molecule has 0 heterocycles. The fraction of sp³-hybridized carbons (Fsp3) is 0.455. The van der Waals surface area contributed by atoms with Crippen molar-refractivity contribution in [2.24, 2.45) is 11.7 Å². The Labute approximate surface area is 92.6 Å². The van der Waals surface area contributed by atoms with Crippen LogP contribution in [0.5, 0.6) is 0 Å². The second kappa shape index (κ2) is 5.47. The van der Waals surface area contributed by atoms with Gasteiger partial charge in [-0.25, -0.2) is 4.39 Å². The van der Waals surface area contributed by atoms with Gasteiger partial charge in [0.25, 0.3) is 0 Å². The van der Waals surface area contributed by atoms with Crippen LogP contribution in [-0.2, 0) is 6.42 Å². The number of halogens is 2. The smallest absolute Gasteiger partial charge is 0.123 e. The third-order valence-electron chi connectivity index (χ3n) is 2.24. The lowest BCUT2D eigenvalue weighted by Crippen LogP contribution is -2.08. The van der Waals surface area contributed by atoms with Crippen LogP contribution in [0.3, 0.4) is 0 Å². The monoisotopic (exact) mass is 259 g/mol. The Balaban J connectivity index is 2.70. The second-order valence-electron chi connectivity index (χ2n) is 3.62. The summed E-state index contributed by atoms with van der Waals surface area (Å²) in [5.74, 6) is 0.321. The van der Waals surface area contributed by atoms with Crippen LogP contribution in [0.25, 0.3) is 0 Å². The number of hydrogen-bond donors (Lipinski definition) is 1. The summed E-state index contributed by atoms with van der Waals surface area (Å²) in [7, 11) is 0. The summed E-state index contributed by atoms with van der Waals surface area (Å²) in [6.07, 6.45) is 1.85. The fourth-order valence-electron chi connectivity index (χ4n) is 1.46. The van der Waals surface area contributed by atoms with Gasteiger partial charge in [0, 0.05) is 4.47 Å². The van der Waals surface area contributed by atoms with E-state index in [0.29, 0.717) is 12.5 Å². The van der Waals surface area contributed by atoms with Gasteiger partial charge in [0.15, 0.2) is 0 Å². The van der Waals surface area contributed by atoms with Gasteiger partial charge in [0.1, 0.15) is 5.82 Å². The zero-order valence-corrected chi connectivity index (χ0v) is 9.85. The lowest BCUT2D eigenvalue weighted by atomic mass is 9.98. The van der Waals surface area contributed by atoms with Crippen molar-refractivity contribution in [3.8, 4) is 0 Å². The molecule has 78 valence electrons. The molecule has 3 heteroatoms. The third kappa shape index (κ3) is 3.39. The first kappa shape index (κ1) is 11.7. The first-order chi connectivity index (χ1) is 6.63. The highest BCUT2D eigenvalue weighted by Crippen LogP contribution is 2.21. The van der Waals surface area contributed by atoms with E-state index in [0.717, 1.165) is 22.9 Å². The molecule has 1 aromatic rings. The van der Waals surface area contributed by atoms with E-state index in [-0.39, 0.29) is 5.82 Å². The Morgan fingerprint density at radius 1 is 1.50 bits per heavy atom. The molecular weight excluding hydrogens is 245 g/mol. The average Bonchev–Trinajstić information content (AvgIpc) is 2.12. The van der Waals surface area contributed by atoms with E-state index in [1.807, 2.05) is 0 Å². The van der Waals surface area contributed by atoms with E-state index in [4.69, 9.17) is 5.73 Å². The molecule has 1 atom stereocenters. The first-order valence-corrected chi connectivity index (χ1v) is 5.56. The van der Waals surface area contributed by atoms with Crippen LogP contribution in [0.2, 0.25) is 0 Å². The SMILES string of the molecule is CC(CCN)Cc1cc(F)ccc1Br. The Morgan fingerprint density at radius 2 is 2.21 bits per heavy atom. The van der Waals surface area contributed by atoms with Crippen molar-refractivity contribution in [3.63, 3.8) is 0 Å². The minimum absolute atomic E-state index is 0.178. The third-order valence-corrected chi connectivity index (χ3v) is 3.01. The van der Waals surface area contributed by atoms with E-state index in [2.05, 4.69) is 22.9 Å². The molecule has 1 nitrogen and oxygen atoms in total. The summed E-state index contributed by atoms with van der Waals surface area (Å²) >= 11 is 3.41. The zero-order valence-electron chi connectivity index (χ0n) is 8.26. The maximum Gasteiger partial charge on any atom is 0.123 e. The minimum Gasteiger partial charge on any atom is -0.330 e. The van der Waals surface area contributed by atoms with Crippen LogP contribution in [-0.4, -0.2) is 6.54 Å². The maximum atomic E-state index is 12.9. The van der Waals surface area contributed by atoms with Gasteiger partial charge in [-0.2, -0.15) is 0 Å². The highest BCUT2D eigenvalue weighted by Gasteiger charge is 2.06. The highest BCUT2D eigenvalue weighted by molar-refractivity contribution is 9.10. The van der Waals surface area contributed by atoms with E-state index in [1.165, 1.54) is 6.07 Å². The predicted molar refractivity (Wildman–Crippen MR) is 60.6 cm³/mol. The van der Waals surface area contributed by atoms with Crippen molar-refractivity contribution in [2.75, 3.05) is 6.54 Å². The molecule has 0 aromatic heterocycles. The molecule has 14 heavy (non-hydrogen) atoms. The number of nitrogens with two attached hydrogens (primary N) is 1. The van der Waals surface area contributed by atoms with Gasteiger partial charge in [-0.15, -0.1) is 0 Å². The molecule has 0 aliphatic heterocycles. The van der Waals surface area contributed by atoms with Crippen molar-refractivity contribution in [3.05, 3.63) is 34.1 Å². The van der Waals surface area contributed by atoms with Gasteiger partial charge in [0.2, 0.25) is 0 Å². The molecule has 0 fully saturated rings. The number of benzene rings is 1. The molecule has 0 amide bonds. The summed E-state index contributed by atoms with van der Waals surface area (Å²) in [6, 6.07) is 4.79. The van der Waals surface area contributed by atoms with Crippen LogP contribution in [0.1, 0.15) is 18.9 Å². The summed E-state index contributed by atoms with van der Waals surface area (Å²) in [4.78, 5) is 0. The summed E-state index contributed by atoms with van der Waals surface area (Å²) in [5.41, 5.74) is 6.48. The molecule has 1 unspecified atom stereocenters. The minimum atomic E-state index is -0.178.